The number of amides is 1. The van der Waals surface area contributed by atoms with Crippen LogP contribution in [0.25, 0.3) is 0 Å². The molecule has 7 nitrogen and oxygen atoms in total. The zero-order valence-electron chi connectivity index (χ0n) is 12.5. The van der Waals surface area contributed by atoms with Crippen LogP contribution in [0.4, 0.5) is 0 Å². The highest BCUT2D eigenvalue weighted by Gasteiger charge is 2.33. The molecular formula is C15H17N5O2. The van der Waals surface area contributed by atoms with Crippen molar-refractivity contribution in [3.63, 3.8) is 0 Å². The molecule has 2 aromatic rings. The lowest BCUT2D eigenvalue weighted by Gasteiger charge is -2.19. The van der Waals surface area contributed by atoms with Crippen molar-refractivity contribution in [3.8, 4) is 6.07 Å². The third-order valence-electron chi connectivity index (χ3n) is 4.04. The van der Waals surface area contributed by atoms with E-state index < -0.39 is 0 Å². The zero-order chi connectivity index (χ0) is 15.7. The molecule has 1 amide bonds. The lowest BCUT2D eigenvalue weighted by molar-refractivity contribution is 0.0816. The first-order valence-electron chi connectivity index (χ1n) is 7.09. The number of hydrogen-bond acceptors (Lipinski definition) is 4. The van der Waals surface area contributed by atoms with E-state index in [-0.39, 0.29) is 18.1 Å². The van der Waals surface area contributed by atoms with Crippen LogP contribution in [0.1, 0.15) is 39.8 Å². The number of carbonyl (C=O) groups excluding carboxylic acids is 1. The second-order valence-electron chi connectivity index (χ2n) is 5.38. The molecule has 114 valence electrons. The van der Waals surface area contributed by atoms with Crippen molar-refractivity contribution in [1.29, 1.82) is 5.26 Å². The molecule has 0 aliphatic carbocycles. The summed E-state index contributed by atoms with van der Waals surface area (Å²) < 4.78 is 7.57. The highest BCUT2D eigenvalue weighted by atomic mass is 16.5. The van der Waals surface area contributed by atoms with Gasteiger partial charge in [0.15, 0.2) is 0 Å². The van der Waals surface area contributed by atoms with Gasteiger partial charge in [-0.05, 0) is 19.4 Å². The maximum absolute atomic E-state index is 12.3. The maximum Gasteiger partial charge on any atom is 0.268 e. The average molecular weight is 299 g/mol. The molecule has 2 atom stereocenters. The van der Waals surface area contributed by atoms with Crippen molar-refractivity contribution in [3.05, 3.63) is 41.0 Å². The van der Waals surface area contributed by atoms with E-state index in [0.29, 0.717) is 17.9 Å². The summed E-state index contributed by atoms with van der Waals surface area (Å²) in [4.78, 5) is 15.1. The van der Waals surface area contributed by atoms with Gasteiger partial charge in [-0.2, -0.15) is 10.4 Å². The molecule has 22 heavy (non-hydrogen) atoms. The number of H-pyrrole nitrogens is 1. The van der Waals surface area contributed by atoms with Crippen LogP contribution in [0, 0.1) is 18.3 Å². The lowest BCUT2D eigenvalue weighted by atomic mass is 10.0. The van der Waals surface area contributed by atoms with Crippen molar-refractivity contribution >= 4 is 5.91 Å². The third-order valence-corrected chi connectivity index (χ3v) is 4.04. The van der Waals surface area contributed by atoms with Crippen LogP contribution in [0.3, 0.4) is 0 Å². The number of nitriles is 1. The first kappa shape index (κ1) is 14.4. The minimum atomic E-state index is -0.233. The summed E-state index contributed by atoms with van der Waals surface area (Å²) in [6.45, 7) is 2.57. The van der Waals surface area contributed by atoms with Gasteiger partial charge in [-0.3, -0.25) is 9.48 Å². The van der Waals surface area contributed by atoms with E-state index in [0.717, 1.165) is 17.7 Å². The Morgan fingerprint density at radius 1 is 1.64 bits per heavy atom. The van der Waals surface area contributed by atoms with E-state index in [1.807, 2.05) is 20.0 Å². The summed E-state index contributed by atoms with van der Waals surface area (Å²) in [7, 11) is 1.88. The summed E-state index contributed by atoms with van der Waals surface area (Å²) in [5.41, 5.74) is 2.84. The number of carbonyl (C=O) groups is 1. The van der Waals surface area contributed by atoms with Gasteiger partial charge in [0.1, 0.15) is 17.9 Å². The smallest absolute Gasteiger partial charge is 0.268 e. The summed E-state index contributed by atoms with van der Waals surface area (Å²) in [6, 6.07) is 3.42. The van der Waals surface area contributed by atoms with Crippen LogP contribution >= 0.6 is 0 Å². The van der Waals surface area contributed by atoms with Gasteiger partial charge in [0.2, 0.25) is 0 Å². The lowest BCUT2D eigenvalue weighted by Crippen LogP contribution is -2.37. The molecule has 3 heterocycles. The number of aromatic amines is 1. The number of ether oxygens (including phenoxy) is 1. The quantitative estimate of drug-likeness (QED) is 0.889. The van der Waals surface area contributed by atoms with Crippen molar-refractivity contribution in [2.75, 3.05) is 6.61 Å². The molecule has 0 bridgehead atoms. The van der Waals surface area contributed by atoms with Gasteiger partial charge < -0.3 is 15.0 Å². The Kier molecular flexibility index (Phi) is 3.69. The molecule has 2 N–H and O–H groups in total. The number of aryl methyl sites for hydroxylation is 1. The highest BCUT2D eigenvalue weighted by molar-refractivity contribution is 5.93. The SMILES string of the molecule is Cc1c([C@H]2OCC[C@@H]2NC(=O)c2cc(C#N)c[nH]2)cnn1C. The van der Waals surface area contributed by atoms with Gasteiger partial charge in [-0.1, -0.05) is 0 Å². The Hall–Kier alpha value is -2.59. The van der Waals surface area contributed by atoms with Gasteiger partial charge in [-0.15, -0.1) is 0 Å². The van der Waals surface area contributed by atoms with Crippen LogP contribution in [0.15, 0.2) is 18.5 Å². The van der Waals surface area contributed by atoms with Crippen LogP contribution in [0.2, 0.25) is 0 Å². The van der Waals surface area contributed by atoms with Gasteiger partial charge in [0.05, 0.1) is 17.8 Å². The minimum absolute atomic E-state index is 0.107. The standard InChI is InChI=1S/C15H17N5O2/c1-9-11(8-18-20(9)2)14-12(3-4-22-14)19-15(21)13-5-10(6-16)7-17-13/h5,7-8,12,14,17H,3-4H2,1-2H3,(H,19,21)/t12-,14+/m0/s1. The fourth-order valence-corrected chi connectivity index (χ4v) is 2.68. The van der Waals surface area contributed by atoms with E-state index in [1.165, 1.54) is 12.3 Å². The van der Waals surface area contributed by atoms with Crippen molar-refractivity contribution in [2.45, 2.75) is 25.5 Å². The highest BCUT2D eigenvalue weighted by Crippen LogP contribution is 2.31. The summed E-state index contributed by atoms with van der Waals surface area (Å²) >= 11 is 0. The normalized spacial score (nSPS) is 20.8. The summed E-state index contributed by atoms with van der Waals surface area (Å²) in [5, 5.41) is 16.0. The van der Waals surface area contributed by atoms with Gasteiger partial charge in [-0.25, -0.2) is 0 Å². The number of aromatic nitrogens is 3. The molecule has 1 fully saturated rings. The predicted octanol–water partition coefficient (Wildman–Crippen LogP) is 1.19. The molecule has 1 aliphatic rings. The number of rotatable bonds is 3. The monoisotopic (exact) mass is 299 g/mol. The molecule has 0 unspecified atom stereocenters. The Balaban J connectivity index is 1.75. The maximum atomic E-state index is 12.3. The van der Waals surface area contributed by atoms with E-state index in [1.54, 1.807) is 10.9 Å². The topological polar surface area (TPSA) is 95.7 Å². The fourth-order valence-electron chi connectivity index (χ4n) is 2.68. The molecule has 0 radical (unpaired) electrons. The summed E-state index contributed by atoms with van der Waals surface area (Å²) in [6.07, 6.45) is 3.86. The van der Waals surface area contributed by atoms with Gasteiger partial charge >= 0.3 is 0 Å². The van der Waals surface area contributed by atoms with Crippen LogP contribution in [0.5, 0.6) is 0 Å². The Morgan fingerprint density at radius 2 is 2.45 bits per heavy atom. The molecule has 0 saturated carbocycles. The zero-order valence-corrected chi connectivity index (χ0v) is 12.5. The largest absolute Gasteiger partial charge is 0.371 e. The molecule has 3 rings (SSSR count). The minimum Gasteiger partial charge on any atom is -0.371 e. The van der Waals surface area contributed by atoms with Crippen molar-refractivity contribution < 1.29 is 9.53 Å². The van der Waals surface area contributed by atoms with Crippen LogP contribution in [-0.4, -0.2) is 33.3 Å². The first-order valence-corrected chi connectivity index (χ1v) is 7.09. The molecule has 2 aromatic heterocycles. The first-order chi connectivity index (χ1) is 10.6. The Bertz CT molecular complexity index is 739. The molecule has 7 heteroatoms. The third kappa shape index (κ3) is 2.49. The molecule has 1 aliphatic heterocycles. The number of hydrogen-bond donors (Lipinski definition) is 2. The van der Waals surface area contributed by atoms with Gasteiger partial charge in [0, 0.05) is 31.1 Å². The molecule has 0 aromatic carbocycles. The predicted molar refractivity (Wildman–Crippen MR) is 78.0 cm³/mol. The van der Waals surface area contributed by atoms with E-state index in [4.69, 9.17) is 10.00 Å². The average Bonchev–Trinajstić information content (AvgIpc) is 3.21. The van der Waals surface area contributed by atoms with Gasteiger partial charge in [0.25, 0.3) is 5.91 Å². The summed E-state index contributed by atoms with van der Waals surface area (Å²) in [5.74, 6) is -0.233. The van der Waals surface area contributed by atoms with E-state index in [2.05, 4.69) is 15.4 Å². The second kappa shape index (κ2) is 5.66. The molecular weight excluding hydrogens is 282 g/mol. The second-order valence-corrected chi connectivity index (χ2v) is 5.38. The number of nitrogens with zero attached hydrogens (tertiary/aromatic N) is 3. The van der Waals surface area contributed by atoms with E-state index in [9.17, 15) is 4.79 Å². The van der Waals surface area contributed by atoms with Crippen LogP contribution in [-0.2, 0) is 11.8 Å². The molecule has 1 saturated heterocycles. The Morgan fingerprint density at radius 3 is 3.09 bits per heavy atom. The van der Waals surface area contributed by atoms with Crippen LogP contribution < -0.4 is 5.32 Å². The number of nitrogens with one attached hydrogen (secondary N) is 2. The van der Waals surface area contributed by atoms with E-state index >= 15 is 0 Å². The van der Waals surface area contributed by atoms with Crippen molar-refractivity contribution in [1.82, 2.24) is 20.1 Å². The fraction of sp³-hybridized carbons (Fsp3) is 0.400. The van der Waals surface area contributed by atoms with Crippen molar-refractivity contribution in [2.24, 2.45) is 7.05 Å². The molecule has 0 spiro atoms. The Labute approximate surface area is 127 Å².